The van der Waals surface area contributed by atoms with Crippen LogP contribution in [-0.4, -0.2) is 29.0 Å². The number of pyridine rings is 1. The third-order valence-corrected chi connectivity index (χ3v) is 6.20. The van der Waals surface area contributed by atoms with E-state index in [-0.39, 0.29) is 6.61 Å². The number of carbonyl (C=O) groups is 1. The number of fused-ring (bicyclic) bond motifs is 1. The van der Waals surface area contributed by atoms with Gasteiger partial charge in [-0.2, -0.15) is 0 Å². The fourth-order valence-electron chi connectivity index (χ4n) is 3.50. The average Bonchev–Trinajstić information content (AvgIpc) is 3.11. The van der Waals surface area contributed by atoms with Crippen LogP contribution in [0.5, 0.6) is 11.5 Å². The zero-order chi connectivity index (χ0) is 24.6. The Morgan fingerprint density at radius 3 is 2.50 bits per heavy atom. The molecule has 0 fully saturated rings. The molecule has 2 heterocycles. The second-order valence-corrected chi connectivity index (χ2v) is 9.04. The van der Waals surface area contributed by atoms with E-state index in [2.05, 4.69) is 37.2 Å². The number of aryl methyl sites for hydroxylation is 1. The number of ether oxygens (including phenoxy) is 2. The van der Waals surface area contributed by atoms with Gasteiger partial charge in [-0.1, -0.05) is 0 Å². The zero-order valence-electron chi connectivity index (χ0n) is 18.0. The highest BCUT2D eigenvalue weighted by Crippen LogP contribution is 2.43. The SMILES string of the molecule is COc1cc(C)c(-c2nc3ccc(F)cn3c2Nc2c(Br)cc(F)cc2Br)c(OCC(N)=O)c1. The van der Waals surface area contributed by atoms with E-state index in [1.54, 1.807) is 12.1 Å². The van der Waals surface area contributed by atoms with Crippen molar-refractivity contribution in [1.29, 1.82) is 0 Å². The number of nitrogens with one attached hydrogen (secondary N) is 1. The number of rotatable bonds is 7. The summed E-state index contributed by atoms with van der Waals surface area (Å²) in [6, 6.07) is 8.83. The Morgan fingerprint density at radius 2 is 1.85 bits per heavy atom. The average molecular weight is 596 g/mol. The molecule has 7 nitrogen and oxygen atoms in total. The van der Waals surface area contributed by atoms with E-state index >= 15 is 0 Å². The van der Waals surface area contributed by atoms with Gasteiger partial charge in [0.1, 0.15) is 40.3 Å². The Morgan fingerprint density at radius 1 is 1.15 bits per heavy atom. The maximum Gasteiger partial charge on any atom is 0.255 e. The van der Waals surface area contributed by atoms with Crippen molar-refractivity contribution in [3.05, 3.63) is 68.7 Å². The fraction of sp³-hybridized carbons (Fsp3) is 0.130. The molecule has 0 atom stereocenters. The normalized spacial score (nSPS) is 11.0. The second-order valence-electron chi connectivity index (χ2n) is 7.33. The predicted octanol–water partition coefficient (Wildman–Crippen LogP) is 5.73. The third kappa shape index (κ3) is 4.71. The third-order valence-electron chi connectivity index (χ3n) is 4.95. The van der Waals surface area contributed by atoms with Crippen LogP contribution in [0.2, 0.25) is 0 Å². The molecule has 0 spiro atoms. The van der Waals surface area contributed by atoms with E-state index in [1.165, 1.54) is 42.0 Å². The van der Waals surface area contributed by atoms with Crippen molar-refractivity contribution in [2.45, 2.75) is 6.92 Å². The molecule has 4 rings (SSSR count). The molecule has 0 saturated carbocycles. The van der Waals surface area contributed by atoms with Gasteiger partial charge in [-0.05, 0) is 74.7 Å². The van der Waals surface area contributed by atoms with Crippen molar-refractivity contribution in [2.24, 2.45) is 5.73 Å². The first-order valence-electron chi connectivity index (χ1n) is 9.87. The van der Waals surface area contributed by atoms with E-state index in [9.17, 15) is 13.6 Å². The van der Waals surface area contributed by atoms with Gasteiger partial charge in [0.25, 0.3) is 5.91 Å². The van der Waals surface area contributed by atoms with Crippen molar-refractivity contribution in [1.82, 2.24) is 9.38 Å². The molecule has 3 N–H and O–H groups in total. The number of hydrogen-bond acceptors (Lipinski definition) is 5. The van der Waals surface area contributed by atoms with Crippen molar-refractivity contribution in [3.63, 3.8) is 0 Å². The molecule has 4 aromatic rings. The van der Waals surface area contributed by atoms with Crippen LogP contribution in [0, 0.1) is 18.6 Å². The molecular formula is C23H18Br2F2N4O3. The summed E-state index contributed by atoms with van der Waals surface area (Å²) >= 11 is 6.73. The minimum absolute atomic E-state index is 0.305. The fourth-order valence-corrected chi connectivity index (χ4v) is 4.83. The van der Waals surface area contributed by atoms with Crippen LogP contribution in [0.15, 0.2) is 51.5 Å². The number of nitrogens with two attached hydrogens (primary N) is 1. The molecule has 0 saturated heterocycles. The Kier molecular flexibility index (Phi) is 6.76. The Labute approximate surface area is 210 Å². The van der Waals surface area contributed by atoms with Crippen molar-refractivity contribution >= 4 is 54.9 Å². The van der Waals surface area contributed by atoms with Crippen LogP contribution in [0.3, 0.4) is 0 Å². The number of anilines is 2. The van der Waals surface area contributed by atoms with Gasteiger partial charge < -0.3 is 20.5 Å². The largest absolute Gasteiger partial charge is 0.497 e. The first kappa shape index (κ1) is 24.0. The highest BCUT2D eigenvalue weighted by atomic mass is 79.9. The number of halogens is 4. The lowest BCUT2D eigenvalue weighted by molar-refractivity contribution is -0.119. The molecule has 2 aromatic carbocycles. The second kappa shape index (κ2) is 9.59. The van der Waals surface area contributed by atoms with E-state index < -0.39 is 17.5 Å². The minimum Gasteiger partial charge on any atom is -0.497 e. The molecule has 0 aliphatic rings. The summed E-state index contributed by atoms with van der Waals surface area (Å²) in [5.41, 5.74) is 7.91. The monoisotopic (exact) mass is 594 g/mol. The van der Waals surface area contributed by atoms with Crippen molar-refractivity contribution < 1.29 is 23.0 Å². The minimum atomic E-state index is -0.652. The number of aromatic nitrogens is 2. The van der Waals surface area contributed by atoms with E-state index in [4.69, 9.17) is 20.2 Å². The molecule has 11 heteroatoms. The summed E-state index contributed by atoms with van der Waals surface area (Å²) in [6.07, 6.45) is 1.28. The number of amides is 1. The van der Waals surface area contributed by atoms with E-state index in [0.29, 0.717) is 48.9 Å². The summed E-state index contributed by atoms with van der Waals surface area (Å²) in [6.45, 7) is 1.46. The van der Waals surface area contributed by atoms with Crippen molar-refractivity contribution in [2.75, 3.05) is 19.0 Å². The molecule has 0 bridgehead atoms. The lowest BCUT2D eigenvalue weighted by atomic mass is 10.0. The molecule has 34 heavy (non-hydrogen) atoms. The number of carbonyl (C=O) groups excluding carboxylic acids is 1. The molecule has 0 aliphatic heterocycles. The van der Waals surface area contributed by atoms with E-state index in [0.717, 1.165) is 5.56 Å². The van der Waals surface area contributed by atoms with Gasteiger partial charge in [0, 0.05) is 26.8 Å². The molecule has 2 aromatic heterocycles. The summed E-state index contributed by atoms with van der Waals surface area (Å²) in [4.78, 5) is 16.1. The standard InChI is InChI=1S/C23H18Br2F2N4O3/c1-11-5-14(33-2)8-17(34-10-18(28)32)20(11)22-23(31-9-12(26)3-4-19(31)29-22)30-21-15(24)6-13(27)7-16(21)25/h3-9,30H,10H2,1-2H3,(H2,28,32). The molecule has 0 aliphatic carbocycles. The van der Waals surface area contributed by atoms with Gasteiger partial charge in [0.05, 0.1) is 12.8 Å². The summed E-state index contributed by atoms with van der Waals surface area (Å²) in [5.74, 6) is -0.371. The lowest BCUT2D eigenvalue weighted by Crippen LogP contribution is -2.20. The topological polar surface area (TPSA) is 90.9 Å². The van der Waals surface area contributed by atoms with E-state index in [1.807, 2.05) is 6.92 Å². The van der Waals surface area contributed by atoms with Gasteiger partial charge in [-0.25, -0.2) is 13.8 Å². The Bertz CT molecular complexity index is 1400. The number of primary amides is 1. The number of hydrogen-bond donors (Lipinski definition) is 2. The summed E-state index contributed by atoms with van der Waals surface area (Å²) < 4.78 is 41.5. The van der Waals surface area contributed by atoms with Gasteiger partial charge in [0.15, 0.2) is 6.61 Å². The number of methoxy groups -OCH3 is 1. The van der Waals surface area contributed by atoms with Gasteiger partial charge in [-0.3, -0.25) is 9.20 Å². The zero-order valence-corrected chi connectivity index (χ0v) is 21.1. The first-order valence-corrected chi connectivity index (χ1v) is 11.5. The van der Waals surface area contributed by atoms with Crippen molar-refractivity contribution in [3.8, 4) is 22.8 Å². The maximum absolute atomic E-state index is 14.2. The van der Waals surface area contributed by atoms with Gasteiger partial charge in [-0.15, -0.1) is 0 Å². The van der Waals surface area contributed by atoms with Gasteiger partial charge >= 0.3 is 0 Å². The number of benzene rings is 2. The van der Waals surface area contributed by atoms with Crippen LogP contribution in [-0.2, 0) is 4.79 Å². The van der Waals surface area contributed by atoms with Crippen LogP contribution in [0.25, 0.3) is 16.9 Å². The highest BCUT2D eigenvalue weighted by Gasteiger charge is 2.23. The Hall–Kier alpha value is -3.18. The van der Waals surface area contributed by atoms with Gasteiger partial charge in [0.2, 0.25) is 0 Å². The lowest BCUT2D eigenvalue weighted by Gasteiger charge is -2.17. The summed E-state index contributed by atoms with van der Waals surface area (Å²) in [5, 5.41) is 3.23. The highest BCUT2D eigenvalue weighted by molar-refractivity contribution is 9.11. The predicted molar refractivity (Wildman–Crippen MR) is 132 cm³/mol. The smallest absolute Gasteiger partial charge is 0.255 e. The summed E-state index contributed by atoms with van der Waals surface area (Å²) in [7, 11) is 1.51. The Balaban J connectivity index is 1.98. The van der Waals surface area contributed by atoms with Crippen LogP contribution < -0.4 is 20.5 Å². The molecule has 1 amide bonds. The molecule has 0 unspecified atom stereocenters. The first-order chi connectivity index (χ1) is 16.2. The van der Waals surface area contributed by atoms with Crippen LogP contribution in [0.4, 0.5) is 20.3 Å². The number of nitrogens with zero attached hydrogens (tertiary/aromatic N) is 2. The molecule has 0 radical (unpaired) electrons. The quantitative estimate of drug-likeness (QED) is 0.285. The molecule has 176 valence electrons. The molecular weight excluding hydrogens is 578 g/mol. The number of imidazole rings is 1. The van der Waals surface area contributed by atoms with Crippen LogP contribution in [0.1, 0.15) is 5.56 Å². The maximum atomic E-state index is 14.2. The van der Waals surface area contributed by atoms with Crippen LogP contribution >= 0.6 is 31.9 Å².